The number of carboxylic acids is 1. The van der Waals surface area contributed by atoms with Crippen LogP contribution in [0.4, 0.5) is 0 Å². The Labute approximate surface area is 78.9 Å². The molecule has 0 N–H and O–H groups in total. The first-order chi connectivity index (χ1) is 6.79. The number of rotatable bonds is 2. The summed E-state index contributed by atoms with van der Waals surface area (Å²) in [4.78, 5) is 10.6. The van der Waals surface area contributed by atoms with Crippen LogP contribution in [0.5, 0.6) is 0 Å². The quantitative estimate of drug-likeness (QED) is 0.669. The molecule has 0 aliphatic carbocycles. The molecular formula is C9H5N2O3-. The summed E-state index contributed by atoms with van der Waals surface area (Å²) in [5.74, 6) is -1.40. The number of carboxylic acid groups (broad SMARTS) is 1. The summed E-state index contributed by atoms with van der Waals surface area (Å²) in [6.07, 6.45) is 0. The molecule has 0 saturated carbocycles. The Morgan fingerprint density at radius 3 is 2.57 bits per heavy atom. The van der Waals surface area contributed by atoms with E-state index < -0.39 is 5.97 Å². The van der Waals surface area contributed by atoms with E-state index in [1.165, 1.54) is 0 Å². The zero-order valence-electron chi connectivity index (χ0n) is 7.01. The van der Waals surface area contributed by atoms with Crippen molar-refractivity contribution in [3.8, 4) is 11.3 Å². The minimum atomic E-state index is -1.40. The molecule has 0 radical (unpaired) electrons. The molecule has 0 aliphatic rings. The fraction of sp³-hybridized carbons (Fsp3) is 0. The number of hydrogen-bond donors (Lipinski definition) is 0. The minimum absolute atomic E-state index is 0.186. The largest absolute Gasteiger partial charge is 0.543 e. The van der Waals surface area contributed by atoms with Gasteiger partial charge in [-0.15, -0.1) is 0 Å². The second-order valence-electron chi connectivity index (χ2n) is 2.61. The number of aromatic carboxylic acids is 1. The molecule has 0 atom stereocenters. The number of carbonyl (C=O) groups excluding carboxylic acids is 1. The van der Waals surface area contributed by atoms with Gasteiger partial charge in [-0.3, -0.25) is 0 Å². The Morgan fingerprint density at radius 2 is 1.93 bits per heavy atom. The van der Waals surface area contributed by atoms with E-state index in [-0.39, 0.29) is 11.4 Å². The maximum Gasteiger partial charge on any atom is 0.158 e. The lowest BCUT2D eigenvalue weighted by Crippen LogP contribution is -2.23. The number of aromatic nitrogens is 2. The van der Waals surface area contributed by atoms with E-state index in [1.54, 1.807) is 24.3 Å². The molecule has 14 heavy (non-hydrogen) atoms. The minimum Gasteiger partial charge on any atom is -0.543 e. The highest BCUT2D eigenvalue weighted by molar-refractivity contribution is 5.90. The van der Waals surface area contributed by atoms with Crippen LogP contribution in [0, 0.1) is 0 Å². The van der Waals surface area contributed by atoms with E-state index in [1.807, 2.05) is 6.07 Å². The van der Waals surface area contributed by atoms with Crippen LogP contribution in [-0.4, -0.2) is 16.3 Å². The predicted octanol–water partition coefficient (Wildman–Crippen LogP) is 0.100. The van der Waals surface area contributed by atoms with Crippen molar-refractivity contribution in [3.05, 3.63) is 36.0 Å². The van der Waals surface area contributed by atoms with Crippen molar-refractivity contribution in [1.82, 2.24) is 10.3 Å². The maximum atomic E-state index is 10.6. The van der Waals surface area contributed by atoms with Gasteiger partial charge in [-0.2, -0.15) is 0 Å². The molecule has 0 amide bonds. The van der Waals surface area contributed by atoms with Crippen molar-refractivity contribution >= 4 is 5.97 Å². The molecule has 5 heteroatoms. The van der Waals surface area contributed by atoms with Crippen LogP contribution in [0.15, 0.2) is 35.0 Å². The molecule has 0 spiro atoms. The highest BCUT2D eigenvalue weighted by atomic mass is 16.6. The molecule has 0 unspecified atom stereocenters. The Morgan fingerprint density at radius 1 is 1.21 bits per heavy atom. The van der Waals surface area contributed by atoms with Gasteiger partial charge in [0.15, 0.2) is 5.69 Å². The van der Waals surface area contributed by atoms with Crippen molar-refractivity contribution in [1.29, 1.82) is 0 Å². The molecule has 0 aliphatic heterocycles. The highest BCUT2D eigenvalue weighted by Crippen LogP contribution is 2.18. The summed E-state index contributed by atoms with van der Waals surface area (Å²) in [6, 6.07) is 8.78. The zero-order valence-corrected chi connectivity index (χ0v) is 7.01. The predicted molar refractivity (Wildman–Crippen MR) is 44.1 cm³/mol. The van der Waals surface area contributed by atoms with E-state index in [0.29, 0.717) is 5.56 Å². The van der Waals surface area contributed by atoms with Gasteiger partial charge in [-0.1, -0.05) is 30.3 Å². The molecule has 5 nitrogen and oxygen atoms in total. The van der Waals surface area contributed by atoms with E-state index in [0.717, 1.165) is 0 Å². The van der Waals surface area contributed by atoms with Gasteiger partial charge in [0.2, 0.25) is 0 Å². The maximum absolute atomic E-state index is 10.6. The molecule has 1 aromatic carbocycles. The molecule has 0 bridgehead atoms. The first-order valence-corrected chi connectivity index (χ1v) is 3.88. The third-order valence-corrected chi connectivity index (χ3v) is 1.73. The van der Waals surface area contributed by atoms with Gasteiger partial charge < -0.3 is 9.90 Å². The number of carbonyl (C=O) groups is 1. The van der Waals surface area contributed by atoms with Crippen LogP contribution in [-0.2, 0) is 0 Å². The highest BCUT2D eigenvalue weighted by Gasteiger charge is 2.11. The van der Waals surface area contributed by atoms with Crippen LogP contribution in [0.2, 0.25) is 0 Å². The van der Waals surface area contributed by atoms with Crippen molar-refractivity contribution in [3.63, 3.8) is 0 Å². The summed E-state index contributed by atoms with van der Waals surface area (Å²) in [6.45, 7) is 0. The van der Waals surface area contributed by atoms with Crippen molar-refractivity contribution in [2.24, 2.45) is 0 Å². The van der Waals surface area contributed by atoms with Crippen molar-refractivity contribution in [2.75, 3.05) is 0 Å². The standard InChI is InChI=1S/C9H6N2O3/c12-9(13)8-7(10-14-11-8)6-4-2-1-3-5-6/h1-5H,(H,12,13)/p-1. The summed E-state index contributed by atoms with van der Waals surface area (Å²) >= 11 is 0. The molecule has 2 rings (SSSR count). The average Bonchev–Trinajstić information content (AvgIpc) is 2.67. The van der Waals surface area contributed by atoms with E-state index >= 15 is 0 Å². The lowest BCUT2D eigenvalue weighted by atomic mass is 10.1. The zero-order chi connectivity index (χ0) is 9.97. The lowest BCUT2D eigenvalue weighted by Gasteiger charge is -1.98. The summed E-state index contributed by atoms with van der Waals surface area (Å²) < 4.78 is 4.34. The topological polar surface area (TPSA) is 79.0 Å². The van der Waals surface area contributed by atoms with Gasteiger partial charge in [0.1, 0.15) is 5.69 Å². The van der Waals surface area contributed by atoms with Gasteiger partial charge in [0, 0.05) is 5.56 Å². The summed E-state index contributed by atoms with van der Waals surface area (Å²) in [7, 11) is 0. The Kier molecular flexibility index (Phi) is 1.98. The molecule has 2 aromatic rings. The Hall–Kier alpha value is -2.17. The van der Waals surface area contributed by atoms with E-state index in [9.17, 15) is 9.90 Å². The van der Waals surface area contributed by atoms with Crippen LogP contribution in [0.1, 0.15) is 10.5 Å². The second kappa shape index (κ2) is 3.29. The van der Waals surface area contributed by atoms with Gasteiger partial charge >= 0.3 is 0 Å². The lowest BCUT2D eigenvalue weighted by molar-refractivity contribution is -0.255. The molecule has 70 valence electrons. The fourth-order valence-corrected chi connectivity index (χ4v) is 1.11. The van der Waals surface area contributed by atoms with E-state index in [2.05, 4.69) is 14.9 Å². The number of nitrogens with zero attached hydrogens (tertiary/aromatic N) is 2. The SMILES string of the molecule is O=C([O-])c1nonc1-c1ccccc1. The molecule has 0 fully saturated rings. The first kappa shape index (κ1) is 8.43. The third-order valence-electron chi connectivity index (χ3n) is 1.73. The van der Waals surface area contributed by atoms with E-state index in [4.69, 9.17) is 0 Å². The number of hydrogen-bond acceptors (Lipinski definition) is 5. The Bertz CT molecular complexity index is 450. The fourth-order valence-electron chi connectivity index (χ4n) is 1.11. The van der Waals surface area contributed by atoms with Crippen LogP contribution in [0.3, 0.4) is 0 Å². The molecular weight excluding hydrogens is 184 g/mol. The Balaban J connectivity index is 2.52. The van der Waals surface area contributed by atoms with Gasteiger partial charge in [-0.25, -0.2) is 4.63 Å². The van der Waals surface area contributed by atoms with Crippen molar-refractivity contribution < 1.29 is 14.5 Å². The van der Waals surface area contributed by atoms with Crippen LogP contribution < -0.4 is 5.11 Å². The van der Waals surface area contributed by atoms with Gasteiger partial charge in [0.25, 0.3) is 0 Å². The third kappa shape index (κ3) is 1.35. The van der Waals surface area contributed by atoms with Crippen LogP contribution in [0.25, 0.3) is 11.3 Å². The monoisotopic (exact) mass is 189 g/mol. The van der Waals surface area contributed by atoms with Crippen molar-refractivity contribution in [2.45, 2.75) is 0 Å². The van der Waals surface area contributed by atoms with Crippen LogP contribution >= 0.6 is 0 Å². The molecule has 0 saturated heterocycles. The average molecular weight is 189 g/mol. The molecule has 1 aromatic heterocycles. The summed E-state index contributed by atoms with van der Waals surface area (Å²) in [5.41, 5.74) is 0.537. The first-order valence-electron chi connectivity index (χ1n) is 3.88. The van der Waals surface area contributed by atoms with Gasteiger partial charge in [-0.05, 0) is 10.3 Å². The normalized spacial score (nSPS) is 10.0. The summed E-state index contributed by atoms with van der Waals surface area (Å²) in [5, 5.41) is 17.3. The second-order valence-corrected chi connectivity index (χ2v) is 2.61. The van der Waals surface area contributed by atoms with Gasteiger partial charge in [0.05, 0.1) is 5.97 Å². The smallest absolute Gasteiger partial charge is 0.158 e. The molecule has 1 heterocycles. The number of benzene rings is 1.